The lowest BCUT2D eigenvalue weighted by Gasteiger charge is -2.19. The SMILES string of the molecule is COc1ccccc1C(=O)OCCc1c(C(c2ccccc2)c2c(O)cc(C)oc2=O)[nH]c2ccccc12. The van der Waals surface area contributed by atoms with Gasteiger partial charge in [-0.3, -0.25) is 0 Å². The number of methoxy groups -OCH3 is 1. The number of carbonyl (C=O) groups is 1. The zero-order valence-electron chi connectivity index (χ0n) is 21.1. The standard InChI is InChI=1S/C31H27NO6/c1-19-18-25(33)28(31(35)38-19)27(20-10-4-3-5-11-20)29-22(21-12-6-8-14-24(21)32-29)16-17-37-30(34)23-13-7-9-15-26(23)36-2/h3-15,18,27,32-33H,16-17H2,1-2H3. The third kappa shape index (κ3) is 4.78. The van der Waals surface area contributed by atoms with Crippen molar-refractivity contribution in [1.82, 2.24) is 4.98 Å². The van der Waals surface area contributed by atoms with Crippen LogP contribution in [-0.4, -0.2) is 29.8 Å². The zero-order chi connectivity index (χ0) is 26.6. The maximum atomic E-state index is 13.1. The van der Waals surface area contributed by atoms with Crippen LogP contribution in [0.5, 0.6) is 11.5 Å². The number of rotatable bonds is 8. The maximum Gasteiger partial charge on any atom is 0.343 e. The van der Waals surface area contributed by atoms with Crippen LogP contribution < -0.4 is 10.4 Å². The minimum Gasteiger partial charge on any atom is -0.507 e. The number of benzene rings is 3. The maximum absolute atomic E-state index is 13.1. The van der Waals surface area contributed by atoms with E-state index in [4.69, 9.17) is 13.9 Å². The number of carbonyl (C=O) groups excluding carboxylic acids is 1. The van der Waals surface area contributed by atoms with Gasteiger partial charge >= 0.3 is 11.6 Å². The highest BCUT2D eigenvalue weighted by atomic mass is 16.5. The molecule has 1 atom stereocenters. The normalized spacial score (nSPS) is 11.8. The van der Waals surface area contributed by atoms with E-state index in [0.717, 1.165) is 27.7 Å². The number of esters is 1. The highest BCUT2D eigenvalue weighted by molar-refractivity contribution is 5.92. The topological polar surface area (TPSA) is 102 Å². The lowest BCUT2D eigenvalue weighted by molar-refractivity contribution is 0.0505. The molecule has 0 saturated carbocycles. The van der Waals surface area contributed by atoms with Crippen molar-refractivity contribution in [3.05, 3.63) is 129 Å². The molecule has 0 radical (unpaired) electrons. The number of aromatic amines is 1. The molecule has 0 spiro atoms. The van der Waals surface area contributed by atoms with Gasteiger partial charge < -0.3 is 24.0 Å². The fourth-order valence-corrected chi connectivity index (χ4v) is 4.87. The Labute approximate surface area is 219 Å². The van der Waals surface area contributed by atoms with Crippen molar-refractivity contribution in [2.45, 2.75) is 19.3 Å². The molecule has 5 aromatic rings. The molecule has 7 nitrogen and oxygen atoms in total. The summed E-state index contributed by atoms with van der Waals surface area (Å²) in [6, 6.07) is 25.6. The Balaban J connectivity index is 1.57. The molecular weight excluding hydrogens is 482 g/mol. The Morgan fingerprint density at radius 2 is 1.71 bits per heavy atom. The number of para-hydroxylation sites is 2. The summed E-state index contributed by atoms with van der Waals surface area (Å²) in [6.45, 7) is 1.72. The predicted octanol–water partition coefficient (Wildman–Crippen LogP) is 5.72. The number of ether oxygens (including phenoxy) is 2. The van der Waals surface area contributed by atoms with Gasteiger partial charge in [-0.25, -0.2) is 9.59 Å². The van der Waals surface area contributed by atoms with Crippen molar-refractivity contribution in [2.75, 3.05) is 13.7 Å². The van der Waals surface area contributed by atoms with Crippen molar-refractivity contribution < 1.29 is 23.8 Å². The summed E-state index contributed by atoms with van der Waals surface area (Å²) in [5, 5.41) is 11.8. The molecule has 0 aliphatic rings. The van der Waals surface area contributed by atoms with Crippen LogP contribution in [0.2, 0.25) is 0 Å². The van der Waals surface area contributed by atoms with Gasteiger partial charge in [0, 0.05) is 29.1 Å². The van der Waals surface area contributed by atoms with Crippen molar-refractivity contribution >= 4 is 16.9 Å². The minimum atomic E-state index is -0.639. The third-order valence-electron chi connectivity index (χ3n) is 6.56. The second-order valence-electron chi connectivity index (χ2n) is 8.94. The minimum absolute atomic E-state index is 0.0989. The van der Waals surface area contributed by atoms with Crippen LogP contribution in [0, 0.1) is 6.92 Å². The molecule has 7 heteroatoms. The van der Waals surface area contributed by atoms with Gasteiger partial charge in [0.2, 0.25) is 0 Å². The van der Waals surface area contributed by atoms with E-state index >= 15 is 0 Å². The molecule has 2 heterocycles. The lowest BCUT2D eigenvalue weighted by Crippen LogP contribution is -2.17. The third-order valence-corrected chi connectivity index (χ3v) is 6.56. The Morgan fingerprint density at radius 1 is 1.00 bits per heavy atom. The molecule has 0 aliphatic carbocycles. The van der Waals surface area contributed by atoms with Crippen molar-refractivity contribution in [3.8, 4) is 11.5 Å². The summed E-state index contributed by atoms with van der Waals surface area (Å²) in [7, 11) is 1.51. The van der Waals surface area contributed by atoms with Gasteiger partial charge in [0.1, 0.15) is 22.8 Å². The first-order valence-electron chi connectivity index (χ1n) is 12.3. The van der Waals surface area contributed by atoms with Gasteiger partial charge in [0.25, 0.3) is 0 Å². The van der Waals surface area contributed by atoms with E-state index in [1.807, 2.05) is 54.6 Å². The van der Waals surface area contributed by atoms with Gasteiger partial charge in [-0.05, 0) is 36.2 Å². The van der Waals surface area contributed by atoms with E-state index in [-0.39, 0.29) is 17.9 Å². The fraction of sp³-hybridized carbons (Fsp3) is 0.161. The second kappa shape index (κ2) is 10.7. The van der Waals surface area contributed by atoms with E-state index in [0.29, 0.717) is 23.5 Å². The molecular formula is C31H27NO6. The summed E-state index contributed by atoms with van der Waals surface area (Å²) < 4.78 is 16.3. The molecule has 0 amide bonds. The van der Waals surface area contributed by atoms with Gasteiger partial charge in [-0.2, -0.15) is 0 Å². The molecule has 0 aliphatic heterocycles. The highest BCUT2D eigenvalue weighted by Crippen LogP contribution is 2.39. The Hall–Kier alpha value is -4.78. The molecule has 38 heavy (non-hydrogen) atoms. The number of fused-ring (bicyclic) bond motifs is 1. The van der Waals surface area contributed by atoms with E-state index in [1.54, 1.807) is 31.2 Å². The largest absolute Gasteiger partial charge is 0.507 e. The number of aromatic nitrogens is 1. The van der Waals surface area contributed by atoms with Crippen LogP contribution in [0.1, 0.15) is 44.4 Å². The summed E-state index contributed by atoms with van der Waals surface area (Å²) in [4.78, 5) is 29.3. The van der Waals surface area contributed by atoms with Crippen molar-refractivity contribution in [2.24, 2.45) is 0 Å². The van der Waals surface area contributed by atoms with Gasteiger partial charge in [-0.1, -0.05) is 60.7 Å². The molecule has 2 aromatic heterocycles. The molecule has 5 rings (SSSR count). The highest BCUT2D eigenvalue weighted by Gasteiger charge is 2.29. The average molecular weight is 510 g/mol. The first-order valence-corrected chi connectivity index (χ1v) is 12.3. The lowest BCUT2D eigenvalue weighted by atomic mass is 9.86. The monoisotopic (exact) mass is 509 g/mol. The summed E-state index contributed by atoms with van der Waals surface area (Å²) >= 11 is 0. The fourth-order valence-electron chi connectivity index (χ4n) is 4.87. The smallest absolute Gasteiger partial charge is 0.343 e. The molecule has 2 N–H and O–H groups in total. The summed E-state index contributed by atoms with van der Waals surface area (Å²) in [5.41, 5.74) is 3.14. The average Bonchev–Trinajstić information content (AvgIpc) is 3.29. The van der Waals surface area contributed by atoms with E-state index in [2.05, 4.69) is 4.98 Å². The number of aromatic hydroxyl groups is 1. The van der Waals surface area contributed by atoms with Gasteiger partial charge in [-0.15, -0.1) is 0 Å². The zero-order valence-corrected chi connectivity index (χ0v) is 21.1. The molecule has 192 valence electrons. The second-order valence-corrected chi connectivity index (χ2v) is 8.94. The summed E-state index contributed by atoms with van der Waals surface area (Å²) in [5.74, 6) is -0.500. The Kier molecular flexibility index (Phi) is 7.00. The van der Waals surface area contributed by atoms with Crippen LogP contribution >= 0.6 is 0 Å². The molecule has 3 aromatic carbocycles. The van der Waals surface area contributed by atoms with Crippen molar-refractivity contribution in [3.63, 3.8) is 0 Å². The van der Waals surface area contributed by atoms with Crippen LogP contribution in [0.15, 0.2) is 94.1 Å². The molecule has 0 bridgehead atoms. The van der Waals surface area contributed by atoms with E-state index in [1.165, 1.54) is 13.2 Å². The molecule has 1 unspecified atom stereocenters. The Morgan fingerprint density at radius 3 is 2.47 bits per heavy atom. The van der Waals surface area contributed by atoms with E-state index in [9.17, 15) is 14.7 Å². The van der Waals surface area contributed by atoms with Crippen LogP contribution in [0.25, 0.3) is 10.9 Å². The number of hydrogen-bond donors (Lipinski definition) is 2. The van der Waals surface area contributed by atoms with Crippen LogP contribution in [0.3, 0.4) is 0 Å². The van der Waals surface area contributed by atoms with Crippen molar-refractivity contribution in [1.29, 1.82) is 0 Å². The number of aryl methyl sites for hydroxylation is 1. The first-order chi connectivity index (χ1) is 18.5. The number of H-pyrrole nitrogens is 1. The quantitative estimate of drug-likeness (QED) is 0.259. The van der Waals surface area contributed by atoms with E-state index < -0.39 is 17.5 Å². The Bertz CT molecular complexity index is 1650. The number of nitrogens with one attached hydrogen (secondary N) is 1. The van der Waals surface area contributed by atoms with Crippen LogP contribution in [0.4, 0.5) is 0 Å². The first kappa shape index (κ1) is 24.9. The molecule has 0 fully saturated rings. The summed E-state index contributed by atoms with van der Waals surface area (Å²) in [6.07, 6.45) is 0.377. The van der Waals surface area contributed by atoms with Gasteiger partial charge in [0.15, 0.2) is 0 Å². The van der Waals surface area contributed by atoms with Gasteiger partial charge in [0.05, 0.1) is 25.2 Å². The number of hydrogen-bond acceptors (Lipinski definition) is 6. The van der Waals surface area contributed by atoms with Crippen LogP contribution in [-0.2, 0) is 11.2 Å². The molecule has 0 saturated heterocycles. The predicted molar refractivity (Wildman–Crippen MR) is 144 cm³/mol.